The summed E-state index contributed by atoms with van der Waals surface area (Å²) in [5.74, 6) is -0.240. The Morgan fingerprint density at radius 3 is 1.98 bits per heavy atom. The third-order valence-electron chi connectivity index (χ3n) is 9.19. The van der Waals surface area contributed by atoms with E-state index in [1.54, 1.807) is 0 Å². The van der Waals surface area contributed by atoms with E-state index in [9.17, 15) is 14.4 Å². The molecule has 3 aromatic carbocycles. The number of para-hydroxylation sites is 1. The van der Waals surface area contributed by atoms with Gasteiger partial charge in [-0.25, -0.2) is 0 Å². The second kappa shape index (κ2) is 12.7. The number of nitrogens with zero attached hydrogens (tertiary/aromatic N) is 1. The topological polar surface area (TPSA) is 75.7 Å². The first-order valence-electron chi connectivity index (χ1n) is 16.0. The Labute approximate surface area is 280 Å². The first-order chi connectivity index (χ1) is 21.9. The Bertz CT molecular complexity index is 1690. The number of carbonyl (C=O) groups excluding carboxylic acids is 3. The maximum absolute atomic E-state index is 14.3. The fraction of sp³-hybridized carbons (Fsp3) is 0.359. The molecule has 46 heavy (non-hydrogen) atoms. The molecule has 1 N–H and O–H groups in total. The average Bonchev–Trinajstić information content (AvgIpc) is 2.99. The molecule has 0 saturated carbocycles. The number of Topliss-reactive ketones (excluding diaryl/α,β-unsaturated/α-hetero) is 2. The molecular weight excluding hydrogens is 640 g/mol. The van der Waals surface area contributed by atoms with Crippen molar-refractivity contribution in [2.75, 3.05) is 18.5 Å². The molecule has 3 aromatic rings. The highest BCUT2D eigenvalue weighted by Gasteiger charge is 2.49. The van der Waals surface area contributed by atoms with Gasteiger partial charge in [-0.2, -0.15) is 0 Å². The van der Waals surface area contributed by atoms with E-state index in [1.165, 1.54) is 5.56 Å². The van der Waals surface area contributed by atoms with Crippen LogP contribution in [0.3, 0.4) is 0 Å². The molecule has 6 rings (SSSR count). The van der Waals surface area contributed by atoms with Crippen LogP contribution in [-0.4, -0.2) is 35.5 Å². The lowest BCUT2D eigenvalue weighted by molar-refractivity contribution is -0.120. The van der Waals surface area contributed by atoms with Crippen molar-refractivity contribution in [3.63, 3.8) is 0 Å². The van der Waals surface area contributed by atoms with E-state index in [-0.39, 0.29) is 34.9 Å². The Morgan fingerprint density at radius 1 is 0.826 bits per heavy atom. The molecule has 3 aliphatic rings. The molecule has 0 aromatic heterocycles. The molecule has 0 fully saturated rings. The van der Waals surface area contributed by atoms with Gasteiger partial charge in [0.2, 0.25) is 0 Å². The Morgan fingerprint density at radius 2 is 1.39 bits per heavy atom. The summed E-state index contributed by atoms with van der Waals surface area (Å²) >= 11 is 3.65. The molecular formula is C39H41BrN2O4. The van der Waals surface area contributed by atoms with Crippen LogP contribution < -0.4 is 10.1 Å². The molecule has 0 bridgehead atoms. The van der Waals surface area contributed by atoms with Crippen LogP contribution in [-0.2, 0) is 20.8 Å². The molecule has 1 heterocycles. The van der Waals surface area contributed by atoms with Gasteiger partial charge in [0.05, 0.1) is 0 Å². The Kier molecular flexibility index (Phi) is 8.81. The van der Waals surface area contributed by atoms with Crippen LogP contribution in [0.15, 0.2) is 106 Å². The fourth-order valence-electron chi connectivity index (χ4n) is 7.25. The van der Waals surface area contributed by atoms with Crippen LogP contribution in [0.2, 0.25) is 0 Å². The number of allylic oxidation sites excluding steroid dienone is 4. The van der Waals surface area contributed by atoms with E-state index in [0.29, 0.717) is 42.0 Å². The van der Waals surface area contributed by atoms with Gasteiger partial charge < -0.3 is 15.0 Å². The molecule has 6 nitrogen and oxygen atoms in total. The molecule has 0 saturated heterocycles. The molecule has 238 valence electrons. The highest BCUT2D eigenvalue weighted by Crippen LogP contribution is 2.55. The number of amides is 1. The number of benzene rings is 3. The first-order valence-corrected chi connectivity index (χ1v) is 16.8. The predicted molar refractivity (Wildman–Crippen MR) is 184 cm³/mol. The van der Waals surface area contributed by atoms with Gasteiger partial charge in [-0.1, -0.05) is 92.2 Å². The summed E-state index contributed by atoms with van der Waals surface area (Å²) in [5, 5.41) is 2.87. The van der Waals surface area contributed by atoms with Crippen molar-refractivity contribution in [3.05, 3.63) is 117 Å². The molecule has 7 heteroatoms. The predicted octanol–water partition coefficient (Wildman–Crippen LogP) is 8.39. The van der Waals surface area contributed by atoms with Gasteiger partial charge in [0.25, 0.3) is 5.91 Å². The molecule has 2 aliphatic carbocycles. The van der Waals surface area contributed by atoms with E-state index in [2.05, 4.69) is 66.0 Å². The summed E-state index contributed by atoms with van der Waals surface area (Å²) in [6.07, 6.45) is 3.06. The van der Waals surface area contributed by atoms with Crippen molar-refractivity contribution in [1.82, 2.24) is 4.90 Å². The first kappa shape index (κ1) is 32.0. The summed E-state index contributed by atoms with van der Waals surface area (Å²) in [5.41, 5.74) is 5.60. The van der Waals surface area contributed by atoms with E-state index >= 15 is 0 Å². The van der Waals surface area contributed by atoms with E-state index in [1.807, 2.05) is 66.7 Å². The number of hydrogen-bond acceptors (Lipinski definition) is 5. The lowest BCUT2D eigenvalue weighted by Crippen LogP contribution is -2.45. The summed E-state index contributed by atoms with van der Waals surface area (Å²) in [6, 6.07) is 25.3. The monoisotopic (exact) mass is 680 g/mol. The number of carbonyl (C=O) groups is 3. The zero-order chi connectivity index (χ0) is 32.6. The van der Waals surface area contributed by atoms with Gasteiger partial charge in [0.1, 0.15) is 5.75 Å². The summed E-state index contributed by atoms with van der Waals surface area (Å²) in [4.78, 5) is 43.8. The van der Waals surface area contributed by atoms with Crippen molar-refractivity contribution < 1.29 is 19.1 Å². The van der Waals surface area contributed by atoms with Crippen LogP contribution in [0.25, 0.3) is 0 Å². The summed E-state index contributed by atoms with van der Waals surface area (Å²) in [7, 11) is 0. The van der Waals surface area contributed by atoms with Gasteiger partial charge in [-0.15, -0.1) is 0 Å². The van der Waals surface area contributed by atoms with Crippen molar-refractivity contribution in [2.24, 2.45) is 10.8 Å². The molecule has 0 unspecified atom stereocenters. The lowest BCUT2D eigenvalue weighted by atomic mass is 9.63. The molecule has 0 atom stereocenters. The molecule has 1 amide bonds. The van der Waals surface area contributed by atoms with Gasteiger partial charge in [-0.3, -0.25) is 14.4 Å². The van der Waals surface area contributed by atoms with Crippen molar-refractivity contribution in [3.8, 4) is 5.75 Å². The maximum atomic E-state index is 14.3. The smallest absolute Gasteiger partial charge is 0.262 e. The van der Waals surface area contributed by atoms with Crippen LogP contribution >= 0.6 is 15.9 Å². The van der Waals surface area contributed by atoms with Crippen molar-refractivity contribution in [1.29, 1.82) is 0 Å². The van der Waals surface area contributed by atoms with Crippen LogP contribution in [0.5, 0.6) is 5.75 Å². The Hall–Kier alpha value is -3.97. The van der Waals surface area contributed by atoms with Crippen LogP contribution in [0.1, 0.15) is 70.4 Å². The number of ether oxygens (including phenoxy) is 1. The normalized spacial score (nSPS) is 19.1. The van der Waals surface area contributed by atoms with E-state index in [0.717, 1.165) is 40.7 Å². The van der Waals surface area contributed by atoms with Crippen molar-refractivity contribution in [2.45, 2.75) is 65.7 Å². The van der Waals surface area contributed by atoms with Gasteiger partial charge in [0.15, 0.2) is 18.2 Å². The third kappa shape index (κ3) is 6.75. The minimum atomic E-state index is -0.574. The minimum absolute atomic E-state index is 0.0675. The fourth-order valence-corrected chi connectivity index (χ4v) is 7.63. The molecule has 0 radical (unpaired) electrons. The standard InChI is InChI=1S/C39H41BrN2O4/c1-38(2)20-29-36(31(43)22-38)35(28-19-26(40)15-16-33(28)46-24-34(45)41-27-13-9-6-10-14-27)37-30(21-39(3,4)23-32(37)44)42(29)18-17-25-11-7-5-8-12-25/h5-16,19,35H,17-18,20-24H2,1-4H3,(H,41,45). The summed E-state index contributed by atoms with van der Waals surface area (Å²) in [6.45, 7) is 9.08. The van der Waals surface area contributed by atoms with E-state index < -0.39 is 5.92 Å². The van der Waals surface area contributed by atoms with Gasteiger partial charge in [-0.05, 0) is 66.0 Å². The SMILES string of the molecule is CC1(C)CC(=O)C2=C(C1)N(CCc1ccccc1)C1=C(C(=O)CC(C)(C)C1)C2c1cc(Br)ccc1OCC(=O)Nc1ccccc1. The van der Waals surface area contributed by atoms with Crippen LogP contribution in [0.4, 0.5) is 5.69 Å². The molecule has 1 aliphatic heterocycles. The van der Waals surface area contributed by atoms with Gasteiger partial charge >= 0.3 is 0 Å². The second-order valence-electron chi connectivity index (χ2n) is 14.3. The molecule has 0 spiro atoms. The lowest BCUT2D eigenvalue weighted by Gasteiger charge is -2.49. The van der Waals surface area contributed by atoms with Crippen LogP contribution in [0, 0.1) is 10.8 Å². The second-order valence-corrected chi connectivity index (χ2v) is 15.2. The Balaban J connectivity index is 1.45. The zero-order valence-corrected chi connectivity index (χ0v) is 28.6. The maximum Gasteiger partial charge on any atom is 0.262 e. The number of rotatable bonds is 8. The zero-order valence-electron chi connectivity index (χ0n) is 27.0. The number of hydrogen-bond donors (Lipinski definition) is 1. The third-order valence-corrected chi connectivity index (χ3v) is 9.68. The summed E-state index contributed by atoms with van der Waals surface area (Å²) < 4.78 is 7.02. The number of anilines is 1. The largest absolute Gasteiger partial charge is 0.483 e. The quantitative estimate of drug-likeness (QED) is 0.259. The number of nitrogens with one attached hydrogen (secondary N) is 1. The average molecular weight is 682 g/mol. The number of ketones is 2. The van der Waals surface area contributed by atoms with E-state index in [4.69, 9.17) is 4.74 Å². The highest BCUT2D eigenvalue weighted by atomic mass is 79.9. The van der Waals surface area contributed by atoms with Crippen molar-refractivity contribution >= 4 is 39.1 Å². The minimum Gasteiger partial charge on any atom is -0.483 e. The number of halogens is 1. The van der Waals surface area contributed by atoms with Gasteiger partial charge in [0, 0.05) is 63.6 Å². The highest BCUT2D eigenvalue weighted by molar-refractivity contribution is 9.10.